The summed E-state index contributed by atoms with van der Waals surface area (Å²) in [5.41, 5.74) is 20.0. The molecule has 1 nitrogen and oxygen atoms in total. The van der Waals surface area contributed by atoms with Crippen LogP contribution in [0.4, 0.5) is 17.1 Å². The maximum atomic E-state index is 2.41. The fourth-order valence-corrected chi connectivity index (χ4v) is 9.72. The van der Waals surface area contributed by atoms with Gasteiger partial charge in [0.15, 0.2) is 0 Å². The Morgan fingerprint density at radius 3 is 1.16 bits per heavy atom. The lowest BCUT2D eigenvalue weighted by atomic mass is 9.66. The Hall–Kier alpha value is -8.00. The highest BCUT2D eigenvalue weighted by Gasteiger charge is 2.47. The number of anilines is 3. The molecule has 0 spiro atoms. The van der Waals surface area contributed by atoms with Crippen molar-refractivity contribution in [3.05, 3.63) is 283 Å². The van der Waals surface area contributed by atoms with E-state index >= 15 is 0 Å². The third kappa shape index (κ3) is 6.43. The molecule has 0 bridgehead atoms. The molecule has 1 unspecified atom stereocenters. The van der Waals surface area contributed by atoms with Gasteiger partial charge in [0, 0.05) is 17.1 Å². The van der Waals surface area contributed by atoms with Crippen LogP contribution in [0, 0.1) is 0 Å². The topological polar surface area (TPSA) is 3.24 Å². The SMILES string of the molecule is c1ccc(-c2ccc(N(c3ccc(-c4ccccc4)cc3)c3ccc(-c4cccc5c4C(c4ccccc4)(c4cccc(-c6ccccc6)c4)c4ccccc4-5)cc3)cc2)cc1. The van der Waals surface area contributed by atoms with E-state index in [1.165, 1.54) is 77.9 Å². The second-order valence-corrected chi connectivity index (χ2v) is 16.0. The molecule has 0 saturated carbocycles. The second kappa shape index (κ2) is 15.9. The molecular formula is C61H43N. The van der Waals surface area contributed by atoms with Gasteiger partial charge in [0.05, 0.1) is 5.41 Å². The third-order valence-corrected chi connectivity index (χ3v) is 12.6. The summed E-state index contributed by atoms with van der Waals surface area (Å²) in [4.78, 5) is 2.36. The summed E-state index contributed by atoms with van der Waals surface area (Å²) >= 11 is 0. The van der Waals surface area contributed by atoms with Crippen LogP contribution in [0.5, 0.6) is 0 Å². The highest BCUT2D eigenvalue weighted by atomic mass is 15.1. The lowest BCUT2D eigenvalue weighted by molar-refractivity contribution is 0.770. The van der Waals surface area contributed by atoms with E-state index in [1.54, 1.807) is 0 Å². The molecule has 10 aromatic rings. The van der Waals surface area contributed by atoms with Gasteiger partial charge in [-0.05, 0) is 120 Å². The minimum absolute atomic E-state index is 0.555. The monoisotopic (exact) mass is 789 g/mol. The molecule has 292 valence electrons. The van der Waals surface area contributed by atoms with Gasteiger partial charge < -0.3 is 4.90 Å². The first-order chi connectivity index (χ1) is 30.8. The van der Waals surface area contributed by atoms with Gasteiger partial charge in [-0.25, -0.2) is 0 Å². The van der Waals surface area contributed by atoms with Crippen LogP contribution in [0.25, 0.3) is 55.6 Å². The molecule has 0 aliphatic heterocycles. The molecule has 1 aliphatic rings. The minimum Gasteiger partial charge on any atom is -0.311 e. The normalized spacial score (nSPS) is 13.9. The molecule has 10 aromatic carbocycles. The van der Waals surface area contributed by atoms with Crippen molar-refractivity contribution >= 4 is 17.1 Å². The predicted molar refractivity (Wildman–Crippen MR) is 260 cm³/mol. The van der Waals surface area contributed by atoms with Crippen molar-refractivity contribution in [3.63, 3.8) is 0 Å². The van der Waals surface area contributed by atoms with Gasteiger partial charge in [0.2, 0.25) is 0 Å². The summed E-state index contributed by atoms with van der Waals surface area (Å²) in [5.74, 6) is 0. The first-order valence-electron chi connectivity index (χ1n) is 21.4. The number of fused-ring (bicyclic) bond motifs is 3. The predicted octanol–water partition coefficient (Wildman–Crippen LogP) is 16.2. The van der Waals surface area contributed by atoms with Crippen LogP contribution in [0.2, 0.25) is 0 Å². The maximum absolute atomic E-state index is 2.41. The van der Waals surface area contributed by atoms with Gasteiger partial charge in [0.1, 0.15) is 0 Å². The van der Waals surface area contributed by atoms with Gasteiger partial charge in [-0.1, -0.05) is 218 Å². The molecule has 0 saturated heterocycles. The summed E-state index contributed by atoms with van der Waals surface area (Å²) < 4.78 is 0. The van der Waals surface area contributed by atoms with Gasteiger partial charge in [-0.15, -0.1) is 0 Å². The summed E-state index contributed by atoms with van der Waals surface area (Å²) in [6, 6.07) is 95.2. The molecular weight excluding hydrogens is 747 g/mol. The van der Waals surface area contributed by atoms with Crippen molar-refractivity contribution in [3.8, 4) is 55.6 Å². The van der Waals surface area contributed by atoms with Crippen LogP contribution in [0.15, 0.2) is 261 Å². The minimum atomic E-state index is -0.555. The third-order valence-electron chi connectivity index (χ3n) is 12.6. The van der Waals surface area contributed by atoms with E-state index in [1.807, 2.05) is 0 Å². The highest BCUT2D eigenvalue weighted by molar-refractivity contribution is 5.93. The van der Waals surface area contributed by atoms with Crippen molar-refractivity contribution in [1.29, 1.82) is 0 Å². The van der Waals surface area contributed by atoms with Gasteiger partial charge in [0.25, 0.3) is 0 Å². The van der Waals surface area contributed by atoms with E-state index in [0.29, 0.717) is 0 Å². The zero-order valence-electron chi connectivity index (χ0n) is 34.3. The Balaban J connectivity index is 1.06. The van der Waals surface area contributed by atoms with Gasteiger partial charge >= 0.3 is 0 Å². The van der Waals surface area contributed by atoms with E-state index in [2.05, 4.69) is 266 Å². The summed E-state index contributed by atoms with van der Waals surface area (Å²) in [7, 11) is 0. The number of nitrogens with zero attached hydrogens (tertiary/aromatic N) is 1. The van der Waals surface area contributed by atoms with Crippen LogP contribution < -0.4 is 4.90 Å². The first kappa shape index (κ1) is 37.0. The van der Waals surface area contributed by atoms with E-state index in [0.717, 1.165) is 17.1 Å². The average molecular weight is 790 g/mol. The summed E-state index contributed by atoms with van der Waals surface area (Å²) in [5, 5.41) is 0. The standard InChI is InChI=1S/C61H43N/c1-5-17-44(18-6-1)47-31-37-53(38-32-47)62(54-39-33-48(34-40-54)45-19-7-2-8-20-45)55-41-35-49(36-42-55)56-28-16-29-58-57-27-13-14-30-59(57)61(60(56)58,51-24-11-4-12-25-51)52-26-15-23-50(43-52)46-21-9-3-10-22-46/h1-43H. The molecule has 1 atom stereocenters. The van der Waals surface area contributed by atoms with Gasteiger partial charge in [-0.2, -0.15) is 0 Å². The lowest BCUT2D eigenvalue weighted by Crippen LogP contribution is -2.29. The fourth-order valence-electron chi connectivity index (χ4n) is 9.72. The molecule has 0 radical (unpaired) electrons. The fraction of sp³-hybridized carbons (Fsp3) is 0.0164. The number of hydrogen-bond donors (Lipinski definition) is 0. The van der Waals surface area contributed by atoms with Gasteiger partial charge in [-0.3, -0.25) is 0 Å². The zero-order valence-corrected chi connectivity index (χ0v) is 34.3. The Kier molecular flexibility index (Phi) is 9.48. The smallest absolute Gasteiger partial charge is 0.0719 e. The van der Waals surface area contributed by atoms with Crippen LogP contribution in [0.1, 0.15) is 22.3 Å². The molecule has 1 aliphatic carbocycles. The molecule has 0 fully saturated rings. The van der Waals surface area contributed by atoms with E-state index in [9.17, 15) is 0 Å². The van der Waals surface area contributed by atoms with Crippen molar-refractivity contribution in [2.75, 3.05) is 4.90 Å². The van der Waals surface area contributed by atoms with Crippen LogP contribution in [0.3, 0.4) is 0 Å². The lowest BCUT2D eigenvalue weighted by Gasteiger charge is -2.35. The molecule has 0 heterocycles. The Bertz CT molecular complexity index is 3040. The van der Waals surface area contributed by atoms with Crippen molar-refractivity contribution in [1.82, 2.24) is 0 Å². The van der Waals surface area contributed by atoms with E-state index < -0.39 is 5.41 Å². The Morgan fingerprint density at radius 1 is 0.242 bits per heavy atom. The molecule has 11 rings (SSSR count). The van der Waals surface area contributed by atoms with Crippen molar-refractivity contribution < 1.29 is 0 Å². The quantitative estimate of drug-likeness (QED) is 0.141. The number of rotatable bonds is 9. The molecule has 0 N–H and O–H groups in total. The largest absolute Gasteiger partial charge is 0.311 e. The van der Waals surface area contributed by atoms with Crippen LogP contribution in [-0.2, 0) is 5.41 Å². The molecule has 0 amide bonds. The number of benzene rings is 10. The van der Waals surface area contributed by atoms with Crippen LogP contribution >= 0.6 is 0 Å². The maximum Gasteiger partial charge on any atom is 0.0719 e. The van der Waals surface area contributed by atoms with Crippen molar-refractivity contribution in [2.45, 2.75) is 5.41 Å². The van der Waals surface area contributed by atoms with E-state index in [4.69, 9.17) is 0 Å². The molecule has 62 heavy (non-hydrogen) atoms. The summed E-state index contributed by atoms with van der Waals surface area (Å²) in [6.45, 7) is 0. The molecule has 1 heteroatoms. The second-order valence-electron chi connectivity index (χ2n) is 16.0. The van der Waals surface area contributed by atoms with Crippen LogP contribution in [-0.4, -0.2) is 0 Å². The first-order valence-corrected chi connectivity index (χ1v) is 21.4. The number of hydrogen-bond acceptors (Lipinski definition) is 1. The molecule has 0 aromatic heterocycles. The van der Waals surface area contributed by atoms with E-state index in [-0.39, 0.29) is 0 Å². The van der Waals surface area contributed by atoms with Crippen molar-refractivity contribution in [2.24, 2.45) is 0 Å². The summed E-state index contributed by atoms with van der Waals surface area (Å²) in [6.07, 6.45) is 0. The zero-order chi connectivity index (χ0) is 41.3. The Labute approximate surface area is 364 Å². The highest BCUT2D eigenvalue weighted by Crippen LogP contribution is 2.59. The average Bonchev–Trinajstić information content (AvgIpc) is 3.67. The Morgan fingerprint density at radius 2 is 0.613 bits per heavy atom.